The molecule has 1 N–H and O–H groups in total. The zero-order chi connectivity index (χ0) is 12.2. The van der Waals surface area contributed by atoms with E-state index in [4.69, 9.17) is 0 Å². The molecular weight excluding hydrogens is 220 g/mol. The van der Waals surface area contributed by atoms with Gasteiger partial charge in [0.25, 0.3) is 0 Å². The molecule has 2 aliphatic rings. The fourth-order valence-corrected chi connectivity index (χ4v) is 2.77. The van der Waals surface area contributed by atoms with E-state index in [-0.39, 0.29) is 0 Å². The second-order valence-electron chi connectivity index (χ2n) is 5.16. The Balaban J connectivity index is 1.62. The number of aryl methyl sites for hydroxylation is 2. The minimum absolute atomic E-state index is 0.902. The molecule has 1 fully saturated rings. The van der Waals surface area contributed by atoms with Gasteiger partial charge in [0, 0.05) is 31.7 Å². The third kappa shape index (κ3) is 2.75. The lowest BCUT2D eigenvalue weighted by Gasteiger charge is -2.24. The van der Waals surface area contributed by atoms with Crippen molar-refractivity contribution in [3.63, 3.8) is 0 Å². The van der Waals surface area contributed by atoms with E-state index >= 15 is 0 Å². The summed E-state index contributed by atoms with van der Waals surface area (Å²) >= 11 is 0. The van der Waals surface area contributed by atoms with Crippen LogP contribution in [0.15, 0.2) is 18.2 Å². The summed E-state index contributed by atoms with van der Waals surface area (Å²) in [5.74, 6) is 6.62. The second kappa shape index (κ2) is 5.56. The van der Waals surface area contributed by atoms with Gasteiger partial charge in [0.1, 0.15) is 0 Å². The zero-order valence-corrected chi connectivity index (χ0v) is 10.8. The minimum Gasteiger partial charge on any atom is -0.314 e. The predicted molar refractivity (Wildman–Crippen MR) is 74.7 cm³/mol. The number of nitrogens with zero attached hydrogens (tertiary/aromatic N) is 1. The molecule has 0 radical (unpaired) electrons. The summed E-state index contributed by atoms with van der Waals surface area (Å²) in [5, 5.41) is 3.36. The molecule has 2 heteroatoms. The van der Waals surface area contributed by atoms with Crippen LogP contribution in [0, 0.1) is 11.8 Å². The molecule has 0 bridgehead atoms. The topological polar surface area (TPSA) is 15.3 Å². The fraction of sp³-hybridized carbons (Fsp3) is 0.500. The first-order chi connectivity index (χ1) is 8.92. The van der Waals surface area contributed by atoms with Gasteiger partial charge in [-0.25, -0.2) is 0 Å². The van der Waals surface area contributed by atoms with E-state index in [0.717, 1.165) is 32.7 Å². The van der Waals surface area contributed by atoms with Crippen LogP contribution in [0.25, 0.3) is 0 Å². The highest BCUT2D eigenvalue weighted by Gasteiger charge is 2.10. The highest BCUT2D eigenvalue weighted by molar-refractivity contribution is 5.42. The van der Waals surface area contributed by atoms with Gasteiger partial charge < -0.3 is 5.32 Å². The van der Waals surface area contributed by atoms with Crippen LogP contribution in [0.3, 0.4) is 0 Å². The first kappa shape index (κ1) is 11.8. The Morgan fingerprint density at radius 1 is 1.11 bits per heavy atom. The monoisotopic (exact) mass is 240 g/mol. The number of hydrogen-bond acceptors (Lipinski definition) is 2. The Morgan fingerprint density at radius 3 is 2.83 bits per heavy atom. The molecule has 0 aromatic heterocycles. The lowest BCUT2D eigenvalue weighted by molar-refractivity contribution is 0.268. The van der Waals surface area contributed by atoms with Crippen LogP contribution < -0.4 is 5.32 Å². The molecule has 2 nitrogen and oxygen atoms in total. The lowest BCUT2D eigenvalue weighted by Crippen LogP contribution is -2.43. The van der Waals surface area contributed by atoms with E-state index in [1.807, 2.05) is 0 Å². The molecule has 1 heterocycles. The lowest BCUT2D eigenvalue weighted by atomic mass is 10.1. The average molecular weight is 240 g/mol. The minimum atomic E-state index is 0.902. The van der Waals surface area contributed by atoms with Crippen LogP contribution >= 0.6 is 0 Å². The molecule has 0 spiro atoms. The Kier molecular flexibility index (Phi) is 3.64. The Morgan fingerprint density at radius 2 is 1.94 bits per heavy atom. The molecule has 0 atom stereocenters. The molecule has 3 rings (SSSR count). The van der Waals surface area contributed by atoms with Gasteiger partial charge in [-0.3, -0.25) is 4.90 Å². The third-order valence-corrected chi connectivity index (χ3v) is 3.84. The summed E-state index contributed by atoms with van der Waals surface area (Å²) in [6, 6.07) is 6.72. The molecule has 1 saturated heterocycles. The van der Waals surface area contributed by atoms with E-state index in [0.29, 0.717) is 0 Å². The van der Waals surface area contributed by atoms with Crippen molar-refractivity contribution in [3.05, 3.63) is 34.9 Å². The Hall–Kier alpha value is -1.30. The van der Waals surface area contributed by atoms with Crippen LogP contribution in [0.2, 0.25) is 0 Å². The third-order valence-electron chi connectivity index (χ3n) is 3.84. The molecule has 1 aromatic carbocycles. The molecule has 0 unspecified atom stereocenters. The molecule has 1 aromatic rings. The molecule has 94 valence electrons. The van der Waals surface area contributed by atoms with Gasteiger partial charge >= 0.3 is 0 Å². The van der Waals surface area contributed by atoms with Gasteiger partial charge in [-0.2, -0.15) is 0 Å². The van der Waals surface area contributed by atoms with Crippen LogP contribution in [0.4, 0.5) is 0 Å². The summed E-state index contributed by atoms with van der Waals surface area (Å²) in [6.07, 6.45) is 3.81. The van der Waals surface area contributed by atoms with Crippen LogP contribution in [-0.4, -0.2) is 37.6 Å². The highest BCUT2D eigenvalue weighted by Crippen LogP contribution is 2.22. The molecule has 1 aliphatic carbocycles. The number of benzene rings is 1. The van der Waals surface area contributed by atoms with Crippen LogP contribution in [0.5, 0.6) is 0 Å². The SMILES string of the molecule is C(#Cc1ccc2c(c1)CCC2)CN1CCNCC1. The second-order valence-corrected chi connectivity index (χ2v) is 5.16. The van der Waals surface area contributed by atoms with Crippen LogP contribution in [0.1, 0.15) is 23.1 Å². The smallest absolute Gasteiger partial charge is 0.0606 e. The van der Waals surface area contributed by atoms with Crippen LogP contribution in [-0.2, 0) is 12.8 Å². The maximum Gasteiger partial charge on any atom is 0.0606 e. The van der Waals surface area contributed by atoms with E-state index < -0.39 is 0 Å². The average Bonchev–Trinajstić information content (AvgIpc) is 2.87. The Bertz CT molecular complexity index is 476. The Labute approximate surface area is 109 Å². The standard InChI is InChI=1S/C16H20N2/c1-4-15-7-6-14(13-16(15)5-1)3-2-10-18-11-8-17-9-12-18/h6-7,13,17H,1,4-5,8-12H2. The normalized spacial score (nSPS) is 19.1. The van der Waals surface area contributed by atoms with Crippen molar-refractivity contribution in [2.24, 2.45) is 0 Å². The summed E-state index contributed by atoms with van der Waals surface area (Å²) in [6.45, 7) is 5.34. The van der Waals surface area contributed by atoms with Gasteiger partial charge in [0.2, 0.25) is 0 Å². The molecule has 0 saturated carbocycles. The van der Waals surface area contributed by atoms with Crippen molar-refractivity contribution in [2.45, 2.75) is 19.3 Å². The largest absolute Gasteiger partial charge is 0.314 e. The number of fused-ring (bicyclic) bond motifs is 1. The van der Waals surface area contributed by atoms with Gasteiger partial charge in [0.05, 0.1) is 6.54 Å². The van der Waals surface area contributed by atoms with E-state index in [9.17, 15) is 0 Å². The molecular formula is C16H20N2. The summed E-state index contributed by atoms with van der Waals surface area (Å²) in [4.78, 5) is 2.41. The van der Waals surface area contributed by atoms with E-state index in [2.05, 4.69) is 40.3 Å². The van der Waals surface area contributed by atoms with Crippen molar-refractivity contribution < 1.29 is 0 Å². The quantitative estimate of drug-likeness (QED) is 0.747. The number of nitrogens with one attached hydrogen (secondary N) is 1. The number of piperazine rings is 1. The maximum atomic E-state index is 3.36. The first-order valence-corrected chi connectivity index (χ1v) is 6.95. The molecule has 0 amide bonds. The fourth-order valence-electron chi connectivity index (χ4n) is 2.77. The predicted octanol–water partition coefficient (Wildman–Crippen LogP) is 1.43. The maximum absolute atomic E-state index is 3.36. The molecule has 1 aliphatic heterocycles. The van der Waals surface area contributed by atoms with Gasteiger partial charge in [-0.1, -0.05) is 17.9 Å². The summed E-state index contributed by atoms with van der Waals surface area (Å²) in [7, 11) is 0. The van der Waals surface area contributed by atoms with Crippen molar-refractivity contribution in [1.29, 1.82) is 0 Å². The van der Waals surface area contributed by atoms with Crippen molar-refractivity contribution >= 4 is 0 Å². The number of rotatable bonds is 1. The number of hydrogen-bond donors (Lipinski definition) is 1. The van der Waals surface area contributed by atoms with Gasteiger partial charge in [-0.05, 0) is 42.5 Å². The van der Waals surface area contributed by atoms with Crippen molar-refractivity contribution in [3.8, 4) is 11.8 Å². The first-order valence-electron chi connectivity index (χ1n) is 6.95. The molecule has 18 heavy (non-hydrogen) atoms. The van der Waals surface area contributed by atoms with Crippen molar-refractivity contribution in [1.82, 2.24) is 10.2 Å². The summed E-state index contributed by atoms with van der Waals surface area (Å²) < 4.78 is 0. The zero-order valence-electron chi connectivity index (χ0n) is 10.8. The van der Waals surface area contributed by atoms with E-state index in [1.165, 1.54) is 36.0 Å². The van der Waals surface area contributed by atoms with Gasteiger partial charge in [-0.15, -0.1) is 0 Å². The van der Waals surface area contributed by atoms with Gasteiger partial charge in [0.15, 0.2) is 0 Å². The highest BCUT2D eigenvalue weighted by atomic mass is 15.2. The van der Waals surface area contributed by atoms with Crippen molar-refractivity contribution in [2.75, 3.05) is 32.7 Å². The van der Waals surface area contributed by atoms with E-state index in [1.54, 1.807) is 0 Å². The summed E-state index contributed by atoms with van der Waals surface area (Å²) in [5.41, 5.74) is 4.23.